The Labute approximate surface area is 144 Å². The van der Waals surface area contributed by atoms with Crippen molar-refractivity contribution < 1.29 is 9.21 Å². The van der Waals surface area contributed by atoms with Crippen LogP contribution in [0.25, 0.3) is 0 Å². The standard InChI is InChI=1S/C20H28N2O2/c1-15-4-5-17-12-22(13-18(17)11-15)20(23)16-6-8-21(9-7-16)14-19-3-2-10-24-19/h2-4,10,16-18H,5-9,11-14H2,1H3/t17-,18+/m0/s1. The van der Waals surface area contributed by atoms with E-state index >= 15 is 0 Å². The van der Waals surface area contributed by atoms with Crippen molar-refractivity contribution in [1.82, 2.24) is 9.80 Å². The van der Waals surface area contributed by atoms with E-state index in [0.717, 1.165) is 51.3 Å². The molecule has 0 bridgehead atoms. The van der Waals surface area contributed by atoms with Crippen molar-refractivity contribution in [3.63, 3.8) is 0 Å². The summed E-state index contributed by atoms with van der Waals surface area (Å²) < 4.78 is 5.43. The second-order valence-corrected chi connectivity index (χ2v) is 7.88. The molecule has 0 radical (unpaired) electrons. The van der Waals surface area contributed by atoms with Crippen LogP contribution in [0.5, 0.6) is 0 Å². The largest absolute Gasteiger partial charge is 0.468 e. The van der Waals surface area contributed by atoms with Gasteiger partial charge in [0.2, 0.25) is 5.91 Å². The molecule has 2 fully saturated rings. The van der Waals surface area contributed by atoms with Crippen molar-refractivity contribution >= 4 is 5.91 Å². The number of rotatable bonds is 3. The smallest absolute Gasteiger partial charge is 0.225 e. The minimum Gasteiger partial charge on any atom is -0.468 e. The van der Waals surface area contributed by atoms with Gasteiger partial charge in [-0.15, -0.1) is 0 Å². The molecule has 2 saturated heterocycles. The average Bonchev–Trinajstić information content (AvgIpc) is 3.24. The summed E-state index contributed by atoms with van der Waals surface area (Å²) in [5, 5.41) is 0. The zero-order valence-electron chi connectivity index (χ0n) is 14.6. The molecule has 4 rings (SSSR count). The van der Waals surface area contributed by atoms with Gasteiger partial charge < -0.3 is 9.32 Å². The summed E-state index contributed by atoms with van der Waals surface area (Å²) in [4.78, 5) is 17.5. The average molecular weight is 328 g/mol. The summed E-state index contributed by atoms with van der Waals surface area (Å²) in [6.07, 6.45) is 8.44. The van der Waals surface area contributed by atoms with Gasteiger partial charge in [-0.25, -0.2) is 0 Å². The summed E-state index contributed by atoms with van der Waals surface area (Å²) in [7, 11) is 0. The molecule has 24 heavy (non-hydrogen) atoms. The fraction of sp³-hybridized carbons (Fsp3) is 0.650. The quantitative estimate of drug-likeness (QED) is 0.799. The van der Waals surface area contributed by atoms with Crippen LogP contribution in [0.3, 0.4) is 0 Å². The lowest BCUT2D eigenvalue weighted by Gasteiger charge is -2.32. The van der Waals surface area contributed by atoms with E-state index in [1.54, 1.807) is 6.26 Å². The molecule has 2 aliphatic heterocycles. The Morgan fingerprint density at radius 1 is 1.25 bits per heavy atom. The molecule has 0 saturated carbocycles. The van der Waals surface area contributed by atoms with Crippen molar-refractivity contribution in [2.45, 2.75) is 39.2 Å². The summed E-state index contributed by atoms with van der Waals surface area (Å²) in [5.74, 6) is 3.08. The van der Waals surface area contributed by atoms with Crippen molar-refractivity contribution in [1.29, 1.82) is 0 Å². The van der Waals surface area contributed by atoms with Crippen LogP contribution in [-0.2, 0) is 11.3 Å². The van der Waals surface area contributed by atoms with Crippen LogP contribution in [-0.4, -0.2) is 41.9 Å². The number of furan rings is 1. The highest BCUT2D eigenvalue weighted by Crippen LogP contribution is 2.36. The van der Waals surface area contributed by atoms with Crippen LogP contribution in [0, 0.1) is 17.8 Å². The molecule has 0 unspecified atom stereocenters. The van der Waals surface area contributed by atoms with Crippen LogP contribution in [0.4, 0.5) is 0 Å². The Hall–Kier alpha value is -1.55. The molecule has 3 aliphatic rings. The highest BCUT2D eigenvalue weighted by molar-refractivity contribution is 5.79. The molecule has 4 heteroatoms. The molecule has 1 aromatic heterocycles. The first kappa shape index (κ1) is 15.9. The van der Waals surface area contributed by atoms with Crippen molar-refractivity contribution in [3.8, 4) is 0 Å². The van der Waals surface area contributed by atoms with E-state index < -0.39 is 0 Å². The minimum atomic E-state index is 0.229. The van der Waals surface area contributed by atoms with E-state index in [2.05, 4.69) is 22.8 Å². The molecule has 130 valence electrons. The molecular formula is C20H28N2O2. The van der Waals surface area contributed by atoms with Gasteiger partial charge in [0.05, 0.1) is 12.8 Å². The normalized spacial score (nSPS) is 28.7. The second kappa shape index (κ2) is 6.75. The Morgan fingerprint density at radius 3 is 2.79 bits per heavy atom. The second-order valence-electron chi connectivity index (χ2n) is 7.88. The molecule has 1 aromatic rings. The van der Waals surface area contributed by atoms with Gasteiger partial charge in [-0.1, -0.05) is 11.6 Å². The van der Waals surface area contributed by atoms with Gasteiger partial charge in [-0.05, 0) is 69.7 Å². The molecule has 4 nitrogen and oxygen atoms in total. The van der Waals surface area contributed by atoms with Crippen LogP contribution >= 0.6 is 0 Å². The van der Waals surface area contributed by atoms with Crippen LogP contribution in [0.1, 0.15) is 38.4 Å². The van der Waals surface area contributed by atoms with Gasteiger partial charge in [-0.3, -0.25) is 9.69 Å². The molecule has 2 atom stereocenters. The van der Waals surface area contributed by atoms with E-state index in [-0.39, 0.29) is 5.92 Å². The van der Waals surface area contributed by atoms with Crippen molar-refractivity contribution in [2.24, 2.45) is 17.8 Å². The predicted molar refractivity (Wildman–Crippen MR) is 93.3 cm³/mol. The Morgan fingerprint density at radius 2 is 2.04 bits per heavy atom. The monoisotopic (exact) mass is 328 g/mol. The summed E-state index contributed by atoms with van der Waals surface area (Å²) in [5.41, 5.74) is 1.51. The number of hydrogen-bond donors (Lipinski definition) is 0. The summed E-state index contributed by atoms with van der Waals surface area (Å²) >= 11 is 0. The molecule has 1 amide bonds. The maximum Gasteiger partial charge on any atom is 0.225 e. The zero-order valence-corrected chi connectivity index (χ0v) is 14.6. The Bertz CT molecular complexity index is 599. The van der Waals surface area contributed by atoms with E-state index in [9.17, 15) is 4.79 Å². The first-order valence-corrected chi connectivity index (χ1v) is 9.38. The van der Waals surface area contributed by atoms with E-state index in [1.807, 2.05) is 12.1 Å². The number of amides is 1. The van der Waals surface area contributed by atoms with Gasteiger partial charge in [-0.2, -0.15) is 0 Å². The molecular weight excluding hydrogens is 300 g/mol. The minimum absolute atomic E-state index is 0.229. The molecule has 3 heterocycles. The first-order valence-electron chi connectivity index (χ1n) is 9.38. The van der Waals surface area contributed by atoms with Crippen LogP contribution < -0.4 is 0 Å². The van der Waals surface area contributed by atoms with E-state index in [0.29, 0.717) is 17.7 Å². The van der Waals surface area contributed by atoms with Gasteiger partial charge in [0.15, 0.2) is 0 Å². The predicted octanol–water partition coefficient (Wildman–Crippen LogP) is 3.31. The van der Waals surface area contributed by atoms with Crippen molar-refractivity contribution in [3.05, 3.63) is 35.8 Å². The summed E-state index contributed by atoms with van der Waals surface area (Å²) in [6, 6.07) is 3.97. The van der Waals surface area contributed by atoms with Gasteiger partial charge in [0, 0.05) is 19.0 Å². The lowest BCUT2D eigenvalue weighted by molar-refractivity contribution is -0.136. The lowest BCUT2D eigenvalue weighted by atomic mass is 9.83. The number of carbonyl (C=O) groups excluding carboxylic acids is 1. The van der Waals surface area contributed by atoms with Crippen molar-refractivity contribution in [2.75, 3.05) is 26.2 Å². The third kappa shape index (κ3) is 3.30. The van der Waals surface area contributed by atoms with Crippen LogP contribution in [0.2, 0.25) is 0 Å². The third-order valence-electron chi connectivity index (χ3n) is 6.14. The highest BCUT2D eigenvalue weighted by Gasteiger charge is 2.38. The highest BCUT2D eigenvalue weighted by atomic mass is 16.3. The number of hydrogen-bond acceptors (Lipinski definition) is 3. The number of piperidine rings is 1. The maximum atomic E-state index is 12.9. The lowest BCUT2D eigenvalue weighted by Crippen LogP contribution is -2.41. The molecule has 0 aromatic carbocycles. The summed E-state index contributed by atoms with van der Waals surface area (Å²) in [6.45, 7) is 7.07. The molecule has 1 aliphatic carbocycles. The Kier molecular flexibility index (Phi) is 4.49. The van der Waals surface area contributed by atoms with Gasteiger partial charge in [0.1, 0.15) is 5.76 Å². The zero-order chi connectivity index (χ0) is 16.5. The van der Waals surface area contributed by atoms with E-state index in [1.165, 1.54) is 18.4 Å². The Balaban J connectivity index is 1.28. The van der Waals surface area contributed by atoms with Gasteiger partial charge in [0.25, 0.3) is 0 Å². The molecule has 0 spiro atoms. The third-order valence-corrected chi connectivity index (χ3v) is 6.14. The fourth-order valence-corrected chi connectivity index (χ4v) is 4.69. The number of likely N-dealkylation sites (tertiary alicyclic amines) is 2. The fourth-order valence-electron chi connectivity index (χ4n) is 4.69. The molecule has 0 N–H and O–H groups in total. The number of nitrogens with zero attached hydrogens (tertiary/aromatic N) is 2. The first-order chi connectivity index (χ1) is 11.7. The van der Waals surface area contributed by atoms with Crippen LogP contribution in [0.15, 0.2) is 34.5 Å². The number of carbonyl (C=O) groups is 1. The number of fused-ring (bicyclic) bond motifs is 1. The SMILES string of the molecule is CC1=CC[C@H]2CN(C(=O)C3CCN(Cc4ccco4)CC3)C[C@H]2C1. The van der Waals surface area contributed by atoms with Gasteiger partial charge >= 0.3 is 0 Å². The number of allylic oxidation sites excluding steroid dienone is 2. The maximum absolute atomic E-state index is 12.9. The van der Waals surface area contributed by atoms with E-state index in [4.69, 9.17) is 4.42 Å². The topological polar surface area (TPSA) is 36.7 Å².